The topological polar surface area (TPSA) is 542 Å². The van der Waals surface area contributed by atoms with Crippen LogP contribution in [0.4, 0.5) is 5.82 Å². The lowest BCUT2D eigenvalue weighted by atomic mass is 9.87. The highest BCUT2D eigenvalue weighted by molar-refractivity contribution is 8.13. The van der Waals surface area contributed by atoms with Gasteiger partial charge in [-0.05, 0) is 6.92 Å². The summed E-state index contributed by atoms with van der Waals surface area (Å²) in [5.74, 6) is -5.15. The van der Waals surface area contributed by atoms with Crippen LogP contribution in [0, 0.1) is 5.41 Å². The maximum Gasteiger partial charge on any atom is 0.303 e. The number of aromatic nitrogens is 4. The molecule has 0 aliphatic carbocycles. The fraction of sp³-hybridized carbons (Fsp3) is 0.733. The Morgan fingerprint density at radius 2 is 1.35 bits per heavy atom. The molecule has 35 nitrogen and oxygen atoms in total. The van der Waals surface area contributed by atoms with E-state index >= 15 is 0 Å². The highest BCUT2D eigenvalue weighted by atomic mass is 32.2. The number of rotatable bonds is 28. The van der Waals surface area contributed by atoms with E-state index in [1.807, 2.05) is 70.0 Å². The first kappa shape index (κ1) is 83.5. The molecule has 0 aromatic carbocycles. The molecule has 39 heteroatoms. The molecule has 1 aliphatic heterocycles. The van der Waals surface area contributed by atoms with Crippen LogP contribution in [0.25, 0.3) is 11.2 Å². The van der Waals surface area contributed by atoms with Crippen molar-refractivity contribution in [2.24, 2.45) is 5.41 Å². The van der Waals surface area contributed by atoms with Gasteiger partial charge in [-0.1, -0.05) is 53.3 Å². The Labute approximate surface area is 491 Å². The van der Waals surface area contributed by atoms with Gasteiger partial charge in [-0.3, -0.25) is 32.9 Å². The Balaban J connectivity index is -0.00000161. The number of phosphoric ester groups is 3. The Morgan fingerprint density at radius 1 is 0.821 bits per heavy atom. The molecular weight excluding hydrogens is 1210 g/mol. The van der Waals surface area contributed by atoms with E-state index in [0.717, 1.165) is 35.9 Å². The second-order valence-corrected chi connectivity index (χ2v) is 25.1. The average molecular weight is 1290 g/mol. The molecule has 84 heavy (non-hydrogen) atoms. The van der Waals surface area contributed by atoms with Crippen molar-refractivity contribution in [2.45, 2.75) is 124 Å². The monoisotopic (exact) mass is 1290 g/mol. The van der Waals surface area contributed by atoms with Crippen molar-refractivity contribution in [3.63, 3.8) is 0 Å². The highest BCUT2D eigenvalue weighted by Crippen LogP contribution is 2.56. The molecule has 9 unspecified atom stereocenters. The number of aliphatic hydroxyl groups is 3. The minimum Gasteiger partial charge on any atom is -0.790 e. The van der Waals surface area contributed by atoms with E-state index in [1.165, 1.54) is 27.7 Å². The maximum absolute atomic E-state index is 12.4. The van der Waals surface area contributed by atoms with Crippen molar-refractivity contribution in [1.82, 2.24) is 30.2 Å². The number of esters is 1. The number of quaternary nitrogens is 2. The zero-order valence-electron chi connectivity index (χ0n) is 49.5. The van der Waals surface area contributed by atoms with Gasteiger partial charge in [0.2, 0.25) is 11.8 Å². The molecule has 3 heterocycles. The number of ether oxygens (including phenoxy) is 2. The SMILES string of the molecule is CC.CC.CC(=O)OC(CC(=O)[O-])C[N+](C)(C)C.CC(=O)SCCNC(=O)CCNC(=O)C(O)C(C)(C)COP(=O)([O-])OP(=O)([O-])OCC1OC(n2cnc3c(N)ncnc32)C(O)C1OP(=O)([O-])[O-].CC(=O)[O-].C[N+](C)(C)CC(O)CC(=O)[O-]. The first-order valence-electron chi connectivity index (χ1n) is 25.3. The molecule has 0 bridgehead atoms. The van der Waals surface area contributed by atoms with Crippen LogP contribution >= 0.6 is 35.2 Å². The zero-order chi connectivity index (χ0) is 66.4. The molecule has 1 fully saturated rings. The minimum absolute atomic E-state index is 0.0209. The number of carboxylic acids is 3. The Hall–Kier alpha value is -4.68. The summed E-state index contributed by atoms with van der Waals surface area (Å²) in [5.41, 5.74) is 4.07. The minimum atomic E-state index is -5.90. The molecule has 2 aromatic rings. The summed E-state index contributed by atoms with van der Waals surface area (Å²) in [6, 6.07) is 0. The van der Waals surface area contributed by atoms with Crippen LogP contribution in [0.1, 0.15) is 87.8 Å². The third-order valence-electron chi connectivity index (χ3n) is 9.42. The van der Waals surface area contributed by atoms with Gasteiger partial charge in [0.15, 0.2) is 28.9 Å². The number of thioether (sulfide) groups is 1. The van der Waals surface area contributed by atoms with Crippen LogP contribution in [-0.4, -0.2) is 209 Å². The van der Waals surface area contributed by atoms with Gasteiger partial charge in [0.25, 0.3) is 15.6 Å². The number of carboxylic acid groups (broad SMARTS) is 3. The van der Waals surface area contributed by atoms with Crippen LogP contribution in [0.5, 0.6) is 0 Å². The predicted molar refractivity (Wildman–Crippen MR) is 284 cm³/mol. The third-order valence-corrected chi connectivity index (χ3v) is 13.2. The second-order valence-electron chi connectivity index (χ2n) is 19.8. The number of likely N-dealkylation sites (N-methyl/N-ethyl adjacent to an activating group) is 2. The number of anilines is 1. The number of amides is 2. The molecule has 0 radical (unpaired) electrons. The van der Waals surface area contributed by atoms with Gasteiger partial charge < -0.3 is 118 Å². The lowest BCUT2D eigenvalue weighted by Gasteiger charge is -2.36. The largest absolute Gasteiger partial charge is 0.790 e. The molecule has 0 saturated carbocycles. The first-order chi connectivity index (χ1) is 38.3. The van der Waals surface area contributed by atoms with E-state index < -0.39 is 121 Å². The number of phosphoric acid groups is 3. The molecule has 3 rings (SSSR count). The number of aliphatic carboxylic acids is 3. The molecule has 0 spiro atoms. The number of aliphatic hydroxyl groups excluding tert-OH is 3. The van der Waals surface area contributed by atoms with Crippen molar-refractivity contribution in [3.8, 4) is 0 Å². The lowest BCUT2D eigenvalue weighted by molar-refractivity contribution is -0.873. The summed E-state index contributed by atoms with van der Waals surface area (Å²) in [6.07, 6.45) is -9.51. The predicted octanol–water partition coefficient (Wildman–Crippen LogP) is -6.08. The number of nitrogens with zero attached hydrogens (tertiary/aromatic N) is 6. The number of carbonyl (C=O) groups is 7. The van der Waals surface area contributed by atoms with Crippen LogP contribution in [0.2, 0.25) is 0 Å². The van der Waals surface area contributed by atoms with Crippen molar-refractivity contribution in [3.05, 3.63) is 12.7 Å². The van der Waals surface area contributed by atoms with Crippen LogP contribution < -0.4 is 51.3 Å². The number of hydrogen-bond donors (Lipinski definition) is 6. The van der Waals surface area contributed by atoms with Gasteiger partial charge in [0.1, 0.15) is 55.5 Å². The van der Waals surface area contributed by atoms with Crippen molar-refractivity contribution in [1.29, 1.82) is 0 Å². The highest BCUT2D eigenvalue weighted by Gasteiger charge is 2.47. The van der Waals surface area contributed by atoms with E-state index in [2.05, 4.69) is 43.5 Å². The maximum atomic E-state index is 12.4. The fourth-order valence-electron chi connectivity index (χ4n) is 6.37. The van der Waals surface area contributed by atoms with Crippen LogP contribution in [0.3, 0.4) is 0 Å². The molecule has 2 amide bonds. The van der Waals surface area contributed by atoms with Gasteiger partial charge >= 0.3 is 5.97 Å². The van der Waals surface area contributed by atoms with Gasteiger partial charge in [-0.15, -0.1) is 0 Å². The quantitative estimate of drug-likeness (QED) is 0.0200. The number of fused-ring (bicyclic) bond motifs is 1. The number of imidazole rings is 1. The zero-order valence-corrected chi connectivity index (χ0v) is 53.0. The normalized spacial score (nSPS) is 18.3. The fourth-order valence-corrected chi connectivity index (χ4v) is 9.59. The van der Waals surface area contributed by atoms with Crippen molar-refractivity contribution < 1.29 is 134 Å². The molecule has 488 valence electrons. The second kappa shape index (κ2) is 39.2. The smallest absolute Gasteiger partial charge is 0.303 e. The summed E-state index contributed by atoms with van der Waals surface area (Å²) >= 11 is 1.01. The number of nitrogens with one attached hydrogen (secondary N) is 2. The molecule has 2 aromatic heterocycles. The first-order valence-corrected chi connectivity index (χ1v) is 30.6. The van der Waals surface area contributed by atoms with Crippen LogP contribution in [-0.2, 0) is 74.6 Å². The van der Waals surface area contributed by atoms with E-state index in [0.29, 0.717) is 27.8 Å². The van der Waals surface area contributed by atoms with E-state index in [1.54, 1.807) is 0 Å². The summed E-state index contributed by atoms with van der Waals surface area (Å²) in [4.78, 5) is 134. The average Bonchev–Trinajstić information content (AvgIpc) is 3.88. The number of nitrogen functional groups attached to an aromatic ring is 1. The number of nitrogens with two attached hydrogens (primary N) is 1. The molecule has 7 N–H and O–H groups in total. The third kappa shape index (κ3) is 39.1. The van der Waals surface area contributed by atoms with Gasteiger partial charge in [0.05, 0.1) is 69.6 Å². The summed E-state index contributed by atoms with van der Waals surface area (Å²) < 4.78 is 66.2. The van der Waals surface area contributed by atoms with E-state index in [-0.39, 0.29) is 54.4 Å². The Morgan fingerprint density at radius 3 is 1.82 bits per heavy atom. The van der Waals surface area contributed by atoms with Crippen molar-refractivity contribution in [2.75, 3.05) is 93.2 Å². The lowest BCUT2D eigenvalue weighted by Crippen LogP contribution is -2.46. The Kier molecular flexibility index (Phi) is 39.0. The number of hydrogen-bond acceptors (Lipinski definition) is 31. The molecule has 1 saturated heterocycles. The van der Waals surface area contributed by atoms with E-state index in [4.69, 9.17) is 30.2 Å². The van der Waals surface area contributed by atoms with Crippen molar-refractivity contribution >= 4 is 93.0 Å². The summed E-state index contributed by atoms with van der Waals surface area (Å²) in [7, 11) is -6.21. The van der Waals surface area contributed by atoms with Gasteiger partial charge in [-0.2, -0.15) is 0 Å². The number of carbonyl (C=O) groups excluding carboxylic acids is 7. The summed E-state index contributed by atoms with van der Waals surface area (Å²) in [5, 5.41) is 64.3. The Bertz CT molecular complexity index is 2510. The molecule has 9 atom stereocenters. The standard InChI is InChI=1S/C23H38N7O17P3S.C9H17NO4.C7H15NO3.C2H4O2.2C2H6/c1-12(31)51-7-6-25-14(32)4-5-26-21(35)18(34)23(2,3)9-44-50(41,42)47-49(39,40)43-8-13-17(46-48(36,37)38)16(33)22(45-13)30-11-29-15-19(24)27-10-28-20(15)30;1-7(11)14-8(5-9(12)13)6-10(2,3)4;1-8(2,3)5-6(9)4-7(10)11;1-2(3)4;2*1-2/h10-11,13,16-18,22,33-34H,4-9H2,1-3H3,(H,25,32)(H,26,35)(H,39,40)(H,41,42)(H2,24,27,28)(H2,36,37,38);8H,5-6H2,1-4H3;6,9H,4-5H2,1-3H3;1H3,(H,3,4);2*1-2H3/p-5. The van der Waals surface area contributed by atoms with Gasteiger partial charge in [-0.25, -0.2) is 19.3 Å². The van der Waals surface area contributed by atoms with Crippen LogP contribution in [0.15, 0.2) is 12.7 Å². The van der Waals surface area contributed by atoms with Gasteiger partial charge in [0, 0.05) is 75.3 Å². The molecular formula is C45H81N9O26P3S-5. The van der Waals surface area contributed by atoms with E-state index in [9.17, 15) is 82.5 Å². The summed E-state index contributed by atoms with van der Waals surface area (Å²) in [6.45, 7) is 12.6. The molecule has 1 aliphatic rings.